The zero-order valence-electron chi connectivity index (χ0n) is 11.2. The summed E-state index contributed by atoms with van der Waals surface area (Å²) < 4.78 is 2.46. The second kappa shape index (κ2) is 6.66. The summed E-state index contributed by atoms with van der Waals surface area (Å²) in [6.45, 7) is 2.12. The fourth-order valence-corrected chi connectivity index (χ4v) is 4.86. The first-order valence-electron chi connectivity index (χ1n) is 6.49. The molecule has 1 heterocycles. The normalized spacial score (nSPS) is 11.1. The fourth-order valence-electron chi connectivity index (χ4n) is 1.84. The highest BCUT2D eigenvalue weighted by Crippen LogP contribution is 2.30. The highest BCUT2D eigenvalue weighted by molar-refractivity contribution is 8.03. The van der Waals surface area contributed by atoms with Crippen molar-refractivity contribution >= 4 is 45.1 Å². The molecular formula is C16H15NS3. The van der Waals surface area contributed by atoms with E-state index in [-0.39, 0.29) is 0 Å². The van der Waals surface area contributed by atoms with Gasteiger partial charge >= 0.3 is 0 Å². The van der Waals surface area contributed by atoms with Gasteiger partial charge in [0.2, 0.25) is 0 Å². The molecule has 20 heavy (non-hydrogen) atoms. The fraction of sp³-hybridized carbons (Fsp3) is 0.188. The Kier molecular flexibility index (Phi) is 4.65. The van der Waals surface area contributed by atoms with Crippen molar-refractivity contribution in [2.75, 3.05) is 11.5 Å². The number of para-hydroxylation sites is 1. The van der Waals surface area contributed by atoms with Crippen molar-refractivity contribution < 1.29 is 0 Å². The lowest BCUT2D eigenvalue weighted by molar-refractivity contribution is 1.30. The highest BCUT2D eigenvalue weighted by Gasteiger charge is 2.03. The van der Waals surface area contributed by atoms with Gasteiger partial charge in [0, 0.05) is 16.4 Å². The van der Waals surface area contributed by atoms with E-state index in [4.69, 9.17) is 0 Å². The van der Waals surface area contributed by atoms with Gasteiger partial charge in [-0.1, -0.05) is 41.6 Å². The number of aryl methyl sites for hydroxylation is 1. The zero-order valence-corrected chi connectivity index (χ0v) is 13.7. The molecule has 0 amide bonds. The molecule has 0 aliphatic carbocycles. The molecule has 0 saturated heterocycles. The van der Waals surface area contributed by atoms with E-state index in [2.05, 4.69) is 54.4 Å². The predicted octanol–water partition coefficient (Wildman–Crippen LogP) is 5.49. The van der Waals surface area contributed by atoms with E-state index in [9.17, 15) is 0 Å². The summed E-state index contributed by atoms with van der Waals surface area (Å²) in [5, 5.41) is 0. The quantitative estimate of drug-likeness (QED) is 0.456. The minimum atomic E-state index is 1.10. The Morgan fingerprint density at radius 1 is 0.950 bits per heavy atom. The smallest absolute Gasteiger partial charge is 0.151 e. The van der Waals surface area contributed by atoms with E-state index in [0.29, 0.717) is 0 Å². The molecule has 0 aliphatic heterocycles. The van der Waals surface area contributed by atoms with Crippen LogP contribution in [0.15, 0.2) is 57.8 Å². The number of hydrogen-bond acceptors (Lipinski definition) is 4. The van der Waals surface area contributed by atoms with Crippen LogP contribution in [-0.4, -0.2) is 16.5 Å². The lowest BCUT2D eigenvalue weighted by Gasteiger charge is -2.01. The molecule has 102 valence electrons. The summed E-state index contributed by atoms with van der Waals surface area (Å²) in [6, 6.07) is 17.1. The molecule has 0 radical (unpaired) electrons. The van der Waals surface area contributed by atoms with Gasteiger partial charge in [-0.2, -0.15) is 0 Å². The van der Waals surface area contributed by atoms with Crippen molar-refractivity contribution in [1.29, 1.82) is 0 Å². The minimum Gasteiger partial charge on any atom is -0.230 e. The summed E-state index contributed by atoms with van der Waals surface area (Å²) in [7, 11) is 0. The number of thiazole rings is 1. The van der Waals surface area contributed by atoms with Crippen molar-refractivity contribution in [3.05, 3.63) is 54.1 Å². The number of aromatic nitrogens is 1. The van der Waals surface area contributed by atoms with Crippen LogP contribution < -0.4 is 0 Å². The first kappa shape index (κ1) is 14.0. The van der Waals surface area contributed by atoms with Crippen LogP contribution in [0.25, 0.3) is 10.2 Å². The third-order valence-electron chi connectivity index (χ3n) is 2.87. The Morgan fingerprint density at radius 3 is 2.50 bits per heavy atom. The van der Waals surface area contributed by atoms with Gasteiger partial charge in [0.1, 0.15) is 0 Å². The molecule has 3 rings (SSSR count). The van der Waals surface area contributed by atoms with Crippen LogP contribution in [0.1, 0.15) is 5.56 Å². The van der Waals surface area contributed by atoms with Gasteiger partial charge in [-0.15, -0.1) is 23.1 Å². The lowest BCUT2D eigenvalue weighted by Crippen LogP contribution is -1.84. The molecule has 1 aromatic heterocycles. The van der Waals surface area contributed by atoms with Crippen molar-refractivity contribution in [2.24, 2.45) is 0 Å². The van der Waals surface area contributed by atoms with E-state index in [0.717, 1.165) is 17.0 Å². The van der Waals surface area contributed by atoms with Crippen LogP contribution >= 0.6 is 34.9 Å². The first-order valence-corrected chi connectivity index (χ1v) is 9.28. The largest absolute Gasteiger partial charge is 0.230 e. The van der Waals surface area contributed by atoms with Crippen LogP contribution in [0.4, 0.5) is 0 Å². The summed E-state index contributed by atoms with van der Waals surface area (Å²) in [5.41, 5.74) is 2.43. The maximum atomic E-state index is 4.64. The molecule has 2 aromatic carbocycles. The molecule has 4 heteroatoms. The molecule has 0 unspecified atom stereocenters. The number of benzene rings is 2. The second-order valence-electron chi connectivity index (χ2n) is 4.46. The molecule has 0 saturated carbocycles. The zero-order chi connectivity index (χ0) is 13.8. The van der Waals surface area contributed by atoms with Crippen LogP contribution in [0.2, 0.25) is 0 Å². The van der Waals surface area contributed by atoms with Gasteiger partial charge < -0.3 is 0 Å². The topological polar surface area (TPSA) is 12.9 Å². The van der Waals surface area contributed by atoms with Gasteiger partial charge in [0.05, 0.1) is 10.2 Å². The standard InChI is InChI=1S/C16H15NS3/c1-12-6-8-13(9-7-12)18-10-11-19-16-17-14-4-2-3-5-15(14)20-16/h2-9H,10-11H2,1H3. The molecule has 0 spiro atoms. The molecular weight excluding hydrogens is 302 g/mol. The van der Waals surface area contributed by atoms with Gasteiger partial charge in [-0.05, 0) is 31.2 Å². The monoisotopic (exact) mass is 317 g/mol. The summed E-state index contributed by atoms with van der Waals surface area (Å²) in [4.78, 5) is 5.99. The molecule has 0 aliphatic rings. The SMILES string of the molecule is Cc1ccc(SCCSc2nc3ccccc3s2)cc1. The van der Waals surface area contributed by atoms with Gasteiger partial charge in [-0.3, -0.25) is 0 Å². The second-order valence-corrected chi connectivity index (χ2v) is 8.00. The highest BCUT2D eigenvalue weighted by atomic mass is 32.2. The maximum absolute atomic E-state index is 4.64. The van der Waals surface area contributed by atoms with E-state index in [1.54, 1.807) is 11.3 Å². The van der Waals surface area contributed by atoms with Crippen LogP contribution in [0.3, 0.4) is 0 Å². The molecule has 0 bridgehead atoms. The van der Waals surface area contributed by atoms with Gasteiger partial charge in [0.15, 0.2) is 4.34 Å². The van der Waals surface area contributed by atoms with Crippen molar-refractivity contribution in [1.82, 2.24) is 4.98 Å². The Labute approximate surface area is 131 Å². The molecule has 0 fully saturated rings. The van der Waals surface area contributed by atoms with E-state index in [1.807, 2.05) is 29.6 Å². The minimum absolute atomic E-state index is 1.10. The first-order chi connectivity index (χ1) is 9.81. The van der Waals surface area contributed by atoms with Crippen LogP contribution in [-0.2, 0) is 0 Å². The Hall–Kier alpha value is -0.970. The average molecular weight is 318 g/mol. The van der Waals surface area contributed by atoms with Crippen molar-refractivity contribution in [2.45, 2.75) is 16.2 Å². The van der Waals surface area contributed by atoms with E-state index < -0.39 is 0 Å². The molecule has 0 atom stereocenters. The number of thioether (sulfide) groups is 2. The average Bonchev–Trinajstić information content (AvgIpc) is 2.88. The number of rotatable bonds is 5. The predicted molar refractivity (Wildman–Crippen MR) is 92.2 cm³/mol. The number of nitrogens with zero attached hydrogens (tertiary/aromatic N) is 1. The van der Waals surface area contributed by atoms with E-state index in [1.165, 1.54) is 19.5 Å². The summed E-state index contributed by atoms with van der Waals surface area (Å²) in [5.74, 6) is 2.21. The Morgan fingerprint density at radius 2 is 1.70 bits per heavy atom. The summed E-state index contributed by atoms with van der Waals surface area (Å²) >= 11 is 5.55. The molecule has 0 N–H and O–H groups in total. The molecule has 3 aromatic rings. The third-order valence-corrected chi connectivity index (χ3v) is 6.33. The number of fused-ring (bicyclic) bond motifs is 1. The van der Waals surface area contributed by atoms with Crippen LogP contribution in [0, 0.1) is 6.92 Å². The summed E-state index contributed by atoms with van der Waals surface area (Å²) in [6.07, 6.45) is 0. The Balaban J connectivity index is 1.51. The Bertz CT molecular complexity index is 655. The number of hydrogen-bond donors (Lipinski definition) is 0. The third kappa shape index (κ3) is 3.57. The van der Waals surface area contributed by atoms with Crippen LogP contribution in [0.5, 0.6) is 0 Å². The van der Waals surface area contributed by atoms with Crippen molar-refractivity contribution in [3.8, 4) is 0 Å². The van der Waals surface area contributed by atoms with Crippen molar-refractivity contribution in [3.63, 3.8) is 0 Å². The maximum Gasteiger partial charge on any atom is 0.151 e. The lowest BCUT2D eigenvalue weighted by atomic mass is 10.2. The van der Waals surface area contributed by atoms with E-state index >= 15 is 0 Å². The van der Waals surface area contributed by atoms with Gasteiger partial charge in [0.25, 0.3) is 0 Å². The van der Waals surface area contributed by atoms with Gasteiger partial charge in [-0.25, -0.2) is 4.98 Å². The molecule has 1 nitrogen and oxygen atoms in total.